The van der Waals surface area contributed by atoms with Gasteiger partial charge in [-0.15, -0.1) is 9.81 Å². The van der Waals surface area contributed by atoms with Gasteiger partial charge in [0.1, 0.15) is 11.4 Å². The van der Waals surface area contributed by atoms with Gasteiger partial charge in [-0.05, 0) is 54.1 Å². The summed E-state index contributed by atoms with van der Waals surface area (Å²) in [6, 6.07) is 26.8. The normalized spacial score (nSPS) is 11.3. The van der Waals surface area contributed by atoms with Gasteiger partial charge in [-0.2, -0.15) is 0 Å². The Morgan fingerprint density at radius 3 is 1.24 bits per heavy atom. The second-order valence-electron chi connectivity index (χ2n) is 9.08. The van der Waals surface area contributed by atoms with Gasteiger partial charge in [-0.3, -0.25) is 0 Å². The average molecular weight is 499 g/mol. The Hall–Kier alpha value is -5.50. The van der Waals surface area contributed by atoms with Crippen LogP contribution in [0.4, 0.5) is 34.1 Å². The third kappa shape index (κ3) is 3.10. The molecule has 0 aromatic heterocycles. The highest BCUT2D eigenvalue weighted by atomic mass is 16.3. The summed E-state index contributed by atoms with van der Waals surface area (Å²) in [6.07, 6.45) is 0. The molecule has 0 aliphatic rings. The van der Waals surface area contributed by atoms with E-state index in [0.717, 1.165) is 32.3 Å². The van der Waals surface area contributed by atoms with E-state index >= 15 is 0 Å². The van der Waals surface area contributed by atoms with Crippen molar-refractivity contribution < 1.29 is 0 Å². The van der Waals surface area contributed by atoms with Crippen LogP contribution in [0.3, 0.4) is 0 Å². The van der Waals surface area contributed by atoms with E-state index in [2.05, 4.69) is 10.4 Å². The zero-order valence-corrected chi connectivity index (χ0v) is 20.1. The third-order valence-corrected chi connectivity index (χ3v) is 7.18. The number of nitrogens with zero attached hydrogens (tertiary/aromatic N) is 2. The molecule has 0 amide bonds. The lowest BCUT2D eigenvalue weighted by Gasteiger charge is -2.17. The van der Waals surface area contributed by atoms with E-state index in [1.165, 1.54) is 6.07 Å². The number of nitrogens with two attached hydrogens (primary N) is 4. The molecule has 38 heavy (non-hydrogen) atoms. The minimum Gasteiger partial charge on any atom is -0.396 e. The fourth-order valence-corrected chi connectivity index (χ4v) is 5.43. The maximum Gasteiger partial charge on any atom is 0.145 e. The number of hydrogen-bond acceptors (Lipinski definition) is 8. The highest BCUT2D eigenvalue weighted by molar-refractivity contribution is 6.34. The first kappa shape index (κ1) is 22.9. The van der Waals surface area contributed by atoms with Gasteiger partial charge >= 0.3 is 0 Å². The van der Waals surface area contributed by atoms with Crippen molar-refractivity contribution in [1.29, 1.82) is 0 Å². The average Bonchev–Trinajstić information content (AvgIpc) is 2.97. The van der Waals surface area contributed by atoms with E-state index in [4.69, 9.17) is 22.9 Å². The van der Waals surface area contributed by atoms with Crippen LogP contribution in [0.5, 0.6) is 0 Å². The number of benzene rings is 5. The van der Waals surface area contributed by atoms with Crippen LogP contribution in [0.25, 0.3) is 53.9 Å². The summed E-state index contributed by atoms with van der Waals surface area (Å²) in [5.74, 6) is 0. The minimum atomic E-state index is -0.157. The summed E-state index contributed by atoms with van der Waals surface area (Å²) < 4.78 is 0. The molecule has 0 heterocycles. The molecule has 0 atom stereocenters. The minimum absolute atomic E-state index is 0.0803. The van der Waals surface area contributed by atoms with Crippen LogP contribution in [0.2, 0.25) is 0 Å². The number of anilines is 4. The summed E-state index contributed by atoms with van der Waals surface area (Å²) >= 11 is 0. The predicted molar refractivity (Wildman–Crippen MR) is 160 cm³/mol. The lowest BCUT2D eigenvalue weighted by atomic mass is 9.91. The Morgan fingerprint density at radius 2 is 0.789 bits per heavy atom. The molecule has 0 bridgehead atoms. The Balaban J connectivity index is 2.23. The van der Waals surface area contributed by atoms with Crippen molar-refractivity contribution in [3.8, 4) is 0 Å². The molecule has 6 aromatic carbocycles. The fourth-order valence-electron chi connectivity index (χ4n) is 5.43. The van der Waals surface area contributed by atoms with Crippen molar-refractivity contribution in [2.45, 2.75) is 0 Å². The van der Waals surface area contributed by atoms with E-state index in [0.29, 0.717) is 21.5 Å². The van der Waals surface area contributed by atoms with Gasteiger partial charge in [-0.25, -0.2) is 0 Å². The van der Waals surface area contributed by atoms with Crippen molar-refractivity contribution >= 4 is 88.0 Å². The zero-order valence-electron chi connectivity index (χ0n) is 20.1. The maximum atomic E-state index is 12.3. The van der Waals surface area contributed by atoms with Gasteiger partial charge in [0.05, 0.1) is 22.7 Å². The van der Waals surface area contributed by atoms with Crippen LogP contribution in [0.15, 0.2) is 95.3 Å². The predicted octanol–water partition coefficient (Wildman–Crippen LogP) is 7.70. The molecule has 8 heteroatoms. The molecule has 0 aliphatic heterocycles. The molecule has 0 aliphatic carbocycles. The van der Waals surface area contributed by atoms with Gasteiger partial charge in [0, 0.05) is 16.2 Å². The van der Waals surface area contributed by atoms with Crippen LogP contribution in [-0.4, -0.2) is 0 Å². The number of fused-ring (bicyclic) bond motifs is 10. The van der Waals surface area contributed by atoms with E-state index in [1.807, 2.05) is 72.8 Å². The van der Waals surface area contributed by atoms with Crippen molar-refractivity contribution in [2.24, 2.45) is 10.4 Å². The van der Waals surface area contributed by atoms with Gasteiger partial charge in [0.25, 0.3) is 0 Å². The monoisotopic (exact) mass is 498 g/mol. The second kappa shape index (κ2) is 8.56. The summed E-state index contributed by atoms with van der Waals surface area (Å²) in [5, 5.41) is 13.4. The lowest BCUT2D eigenvalue weighted by molar-refractivity contribution is 1.45. The van der Waals surface area contributed by atoms with Gasteiger partial charge in [-0.1, -0.05) is 78.9 Å². The van der Waals surface area contributed by atoms with Crippen LogP contribution in [-0.2, 0) is 0 Å². The highest BCUT2D eigenvalue weighted by Gasteiger charge is 2.20. The van der Waals surface area contributed by atoms with Crippen molar-refractivity contribution in [2.75, 3.05) is 22.9 Å². The molecule has 0 fully saturated rings. The van der Waals surface area contributed by atoms with E-state index in [9.17, 15) is 9.81 Å². The van der Waals surface area contributed by atoms with E-state index in [-0.39, 0.29) is 34.1 Å². The van der Waals surface area contributed by atoms with Crippen LogP contribution >= 0.6 is 0 Å². The number of rotatable bonds is 2. The van der Waals surface area contributed by atoms with Crippen LogP contribution < -0.4 is 22.9 Å². The quantitative estimate of drug-likeness (QED) is 0.141. The molecule has 0 saturated heterocycles. The van der Waals surface area contributed by atoms with Gasteiger partial charge in [0.15, 0.2) is 0 Å². The molecule has 0 unspecified atom stereocenters. The van der Waals surface area contributed by atoms with E-state index < -0.39 is 0 Å². The van der Waals surface area contributed by atoms with Crippen molar-refractivity contribution in [3.05, 3.63) is 94.7 Å². The largest absolute Gasteiger partial charge is 0.396 e. The molecule has 0 radical (unpaired) electrons. The fraction of sp³-hybridized carbons (Fsp3) is 0. The standard InChI is InChI=1S/C30H22N6O2/c31-26-23-20-12-6-5-10-18(20)16-8-2-1-7-15(16)17-9-3-4-11-19(17)21-13-14-22(35-37)30(36-38)24(21)25(23)27(32)29(34)28(26)33/h1-14H,31-34H2. The summed E-state index contributed by atoms with van der Waals surface area (Å²) in [4.78, 5) is 24.1. The smallest absolute Gasteiger partial charge is 0.145 e. The first-order chi connectivity index (χ1) is 18.5. The Kier molecular flexibility index (Phi) is 5.17. The molecule has 184 valence electrons. The molecule has 0 spiro atoms. The summed E-state index contributed by atoms with van der Waals surface area (Å²) in [7, 11) is 0. The Labute approximate surface area is 216 Å². The summed E-state index contributed by atoms with van der Waals surface area (Å²) in [6.45, 7) is 0. The van der Waals surface area contributed by atoms with Crippen LogP contribution in [0, 0.1) is 9.81 Å². The molecule has 6 rings (SSSR count). The molecule has 8 nitrogen and oxygen atoms in total. The molecule has 6 aromatic rings. The Bertz CT molecular complexity index is 2070. The van der Waals surface area contributed by atoms with Crippen molar-refractivity contribution in [3.63, 3.8) is 0 Å². The number of nitroso groups, excluding NO2 is 2. The SMILES string of the molecule is Nc1c(N)c(N)c2c(c1N)c1ccccc1c1ccccc1c1ccccc1c1ccc(N=O)c(N=O)c12. The molecular formula is C30H22N6O2. The summed E-state index contributed by atoms with van der Waals surface area (Å²) in [5.41, 5.74) is 26.3. The third-order valence-electron chi connectivity index (χ3n) is 7.18. The topological polar surface area (TPSA) is 163 Å². The Morgan fingerprint density at radius 1 is 0.395 bits per heavy atom. The lowest BCUT2D eigenvalue weighted by Crippen LogP contribution is -2.05. The maximum absolute atomic E-state index is 12.3. The van der Waals surface area contributed by atoms with Gasteiger partial charge in [0.2, 0.25) is 0 Å². The first-order valence-corrected chi connectivity index (χ1v) is 11.9. The van der Waals surface area contributed by atoms with Crippen molar-refractivity contribution in [1.82, 2.24) is 0 Å². The zero-order chi connectivity index (χ0) is 26.6. The first-order valence-electron chi connectivity index (χ1n) is 11.9. The van der Waals surface area contributed by atoms with Gasteiger partial charge < -0.3 is 22.9 Å². The molecular weight excluding hydrogens is 476 g/mol. The highest BCUT2D eigenvalue weighted by Crippen LogP contribution is 2.49. The number of hydrogen-bond donors (Lipinski definition) is 4. The van der Waals surface area contributed by atoms with Crippen LogP contribution in [0.1, 0.15) is 0 Å². The molecule has 0 saturated carbocycles. The number of nitrogen functional groups attached to an aromatic ring is 4. The molecule has 8 N–H and O–H groups in total. The van der Waals surface area contributed by atoms with E-state index in [1.54, 1.807) is 6.07 Å². The second-order valence-corrected chi connectivity index (χ2v) is 9.08.